The number of aromatic nitrogens is 1. The first-order valence-corrected chi connectivity index (χ1v) is 12.8. The second-order valence-corrected chi connectivity index (χ2v) is 10.1. The summed E-state index contributed by atoms with van der Waals surface area (Å²) in [4.78, 5) is 20.1. The average molecular weight is 638 g/mol. The molecule has 16 heteroatoms. The molecular formula is C24H26BrF6N7O2. The van der Waals surface area contributed by atoms with Gasteiger partial charge in [0.1, 0.15) is 4.60 Å². The van der Waals surface area contributed by atoms with E-state index in [2.05, 4.69) is 31.2 Å². The van der Waals surface area contributed by atoms with Crippen molar-refractivity contribution < 1.29 is 35.9 Å². The van der Waals surface area contributed by atoms with Gasteiger partial charge in [0.2, 0.25) is 5.96 Å². The summed E-state index contributed by atoms with van der Waals surface area (Å²) in [6.45, 7) is 4.60. The fraction of sp³-hybridized carbons (Fsp3) is 0.458. The number of hydrogen-bond acceptors (Lipinski definition) is 5. The van der Waals surface area contributed by atoms with E-state index in [0.29, 0.717) is 28.8 Å². The Kier molecular flexibility index (Phi) is 9.31. The minimum atomic E-state index is -5.05. The third kappa shape index (κ3) is 7.01. The van der Waals surface area contributed by atoms with Crippen molar-refractivity contribution in [2.45, 2.75) is 70.7 Å². The lowest BCUT2D eigenvalue weighted by molar-refractivity contribution is -0.143. The molecule has 0 spiro atoms. The predicted octanol–water partition coefficient (Wildman–Crippen LogP) is 7.22. The van der Waals surface area contributed by atoms with Gasteiger partial charge in [-0.15, -0.1) is 0 Å². The van der Waals surface area contributed by atoms with Gasteiger partial charge in [-0.1, -0.05) is 12.0 Å². The Morgan fingerprint density at radius 3 is 2.30 bits per heavy atom. The first-order valence-electron chi connectivity index (χ1n) is 12.0. The van der Waals surface area contributed by atoms with E-state index in [4.69, 9.17) is 16.0 Å². The van der Waals surface area contributed by atoms with Crippen molar-refractivity contribution in [2.75, 3.05) is 4.90 Å². The van der Waals surface area contributed by atoms with Crippen molar-refractivity contribution in [1.29, 1.82) is 5.53 Å². The SMILES string of the molecule is CCC1CC(N(Cc2cc(C(F)(F)F)cc(C(F)(F)F)c2)/C(N)=N/N=N)c2nc(Br)ccc2N1C(=O)OC(C)C. The molecule has 2 unspecified atom stereocenters. The zero-order valence-corrected chi connectivity index (χ0v) is 23.1. The molecule has 2 atom stereocenters. The summed E-state index contributed by atoms with van der Waals surface area (Å²) in [5.41, 5.74) is 10.4. The van der Waals surface area contributed by atoms with Crippen LogP contribution in [0, 0.1) is 5.53 Å². The van der Waals surface area contributed by atoms with E-state index in [1.54, 1.807) is 32.9 Å². The number of carbonyl (C=O) groups excluding carboxylic acids is 1. The van der Waals surface area contributed by atoms with Gasteiger partial charge in [0.05, 0.1) is 34.7 Å². The number of fused-ring (bicyclic) bond motifs is 1. The van der Waals surface area contributed by atoms with E-state index in [1.165, 1.54) is 9.80 Å². The van der Waals surface area contributed by atoms with E-state index < -0.39 is 60.3 Å². The Hall–Kier alpha value is -3.43. The average Bonchev–Trinajstić information content (AvgIpc) is 2.84. The fourth-order valence-corrected chi connectivity index (χ4v) is 4.78. The summed E-state index contributed by atoms with van der Waals surface area (Å²) in [5.74, 6) is -0.438. The Labute approximate surface area is 234 Å². The summed E-state index contributed by atoms with van der Waals surface area (Å²) in [6, 6.07) is 2.99. The summed E-state index contributed by atoms with van der Waals surface area (Å²) in [5, 5.41) is 6.39. The molecule has 0 bridgehead atoms. The number of anilines is 1. The first kappa shape index (κ1) is 31.1. The first-order chi connectivity index (χ1) is 18.6. The van der Waals surface area contributed by atoms with Crippen LogP contribution in [0.4, 0.5) is 36.8 Å². The van der Waals surface area contributed by atoms with Gasteiger partial charge in [-0.2, -0.15) is 31.9 Å². The predicted molar refractivity (Wildman–Crippen MR) is 136 cm³/mol. The lowest BCUT2D eigenvalue weighted by atomic mass is 9.92. The smallest absolute Gasteiger partial charge is 0.416 e. The molecule has 2 aromatic rings. The number of guanidine groups is 1. The van der Waals surface area contributed by atoms with Gasteiger partial charge in [0, 0.05) is 12.6 Å². The molecule has 1 amide bonds. The van der Waals surface area contributed by atoms with Crippen molar-refractivity contribution in [3.8, 4) is 0 Å². The van der Waals surface area contributed by atoms with Crippen LogP contribution in [0.15, 0.2) is 45.3 Å². The second kappa shape index (κ2) is 12.0. The Bertz CT molecular complexity index is 1250. The molecule has 40 heavy (non-hydrogen) atoms. The normalized spacial score (nSPS) is 18.0. The highest BCUT2D eigenvalue weighted by Crippen LogP contribution is 2.43. The molecule has 0 radical (unpaired) electrons. The molecule has 218 valence electrons. The molecule has 1 aliphatic rings. The van der Waals surface area contributed by atoms with Crippen LogP contribution in [0.25, 0.3) is 0 Å². The summed E-state index contributed by atoms with van der Waals surface area (Å²) in [7, 11) is 0. The number of hydrogen-bond donors (Lipinski definition) is 2. The van der Waals surface area contributed by atoms with Crippen LogP contribution in [0.1, 0.15) is 62.0 Å². The van der Waals surface area contributed by atoms with E-state index >= 15 is 0 Å². The van der Waals surface area contributed by atoms with Crippen LogP contribution in [0.5, 0.6) is 0 Å². The van der Waals surface area contributed by atoms with E-state index in [1.807, 2.05) is 0 Å². The molecular weight excluding hydrogens is 612 g/mol. The monoisotopic (exact) mass is 637 g/mol. The Morgan fingerprint density at radius 2 is 1.80 bits per heavy atom. The van der Waals surface area contributed by atoms with Crippen LogP contribution in [-0.4, -0.2) is 34.1 Å². The summed E-state index contributed by atoms with van der Waals surface area (Å²) >= 11 is 3.27. The topological polar surface area (TPSA) is 120 Å². The van der Waals surface area contributed by atoms with Gasteiger partial charge in [0.25, 0.3) is 0 Å². The molecule has 2 heterocycles. The number of benzene rings is 1. The number of nitrogens with two attached hydrogens (primary N) is 1. The minimum Gasteiger partial charge on any atom is -0.446 e. The highest BCUT2D eigenvalue weighted by molar-refractivity contribution is 9.10. The summed E-state index contributed by atoms with van der Waals surface area (Å²) in [6.07, 6.45) is -10.7. The molecule has 1 aromatic heterocycles. The zero-order valence-electron chi connectivity index (χ0n) is 21.5. The Balaban J connectivity index is 2.19. The van der Waals surface area contributed by atoms with E-state index in [-0.39, 0.29) is 23.7 Å². The molecule has 0 fully saturated rings. The van der Waals surface area contributed by atoms with Gasteiger partial charge in [-0.3, -0.25) is 4.90 Å². The van der Waals surface area contributed by atoms with Crippen molar-refractivity contribution in [2.24, 2.45) is 16.1 Å². The number of alkyl halides is 6. The molecule has 3 rings (SSSR count). The fourth-order valence-electron chi connectivity index (χ4n) is 4.46. The zero-order chi connectivity index (χ0) is 30.0. The number of ether oxygens (including phenoxy) is 1. The molecule has 3 N–H and O–H groups in total. The van der Waals surface area contributed by atoms with Gasteiger partial charge in [-0.05, 0) is 83.7 Å². The molecule has 9 nitrogen and oxygen atoms in total. The van der Waals surface area contributed by atoms with Gasteiger partial charge < -0.3 is 15.4 Å². The third-order valence-electron chi connectivity index (χ3n) is 6.13. The quantitative estimate of drug-likeness (QED) is 0.0865. The number of halogens is 7. The number of rotatable bonds is 6. The second-order valence-electron chi connectivity index (χ2n) is 9.25. The van der Waals surface area contributed by atoms with Crippen LogP contribution in [0.2, 0.25) is 0 Å². The molecule has 1 aromatic carbocycles. The lowest BCUT2D eigenvalue weighted by Crippen LogP contribution is -2.50. The highest BCUT2D eigenvalue weighted by Gasteiger charge is 2.42. The van der Waals surface area contributed by atoms with Crippen LogP contribution in [-0.2, 0) is 23.6 Å². The van der Waals surface area contributed by atoms with Gasteiger partial charge >= 0.3 is 18.4 Å². The van der Waals surface area contributed by atoms with Gasteiger partial charge in [0.15, 0.2) is 0 Å². The highest BCUT2D eigenvalue weighted by atomic mass is 79.9. The van der Waals surface area contributed by atoms with Crippen LogP contribution < -0.4 is 10.6 Å². The maximum Gasteiger partial charge on any atom is 0.416 e. The van der Waals surface area contributed by atoms with Gasteiger partial charge in [-0.25, -0.2) is 9.78 Å². The van der Waals surface area contributed by atoms with Crippen molar-refractivity contribution in [3.05, 3.63) is 57.3 Å². The third-order valence-corrected chi connectivity index (χ3v) is 6.57. The number of amides is 1. The largest absolute Gasteiger partial charge is 0.446 e. The van der Waals surface area contributed by atoms with Crippen molar-refractivity contribution in [1.82, 2.24) is 9.88 Å². The van der Waals surface area contributed by atoms with Crippen LogP contribution >= 0.6 is 15.9 Å². The Morgan fingerprint density at radius 1 is 1.20 bits per heavy atom. The van der Waals surface area contributed by atoms with Crippen LogP contribution in [0.3, 0.4) is 0 Å². The maximum atomic E-state index is 13.5. The molecule has 0 saturated carbocycles. The number of nitrogens with zero attached hydrogens (tertiary/aromatic N) is 5. The molecule has 1 aliphatic heterocycles. The number of pyridine rings is 1. The minimum absolute atomic E-state index is 0.0321. The summed E-state index contributed by atoms with van der Waals surface area (Å²) < 4.78 is 86.9. The van der Waals surface area contributed by atoms with Crippen molar-refractivity contribution in [3.63, 3.8) is 0 Å². The van der Waals surface area contributed by atoms with E-state index in [9.17, 15) is 31.1 Å². The van der Waals surface area contributed by atoms with E-state index in [0.717, 1.165) is 0 Å². The molecule has 0 aliphatic carbocycles. The maximum absolute atomic E-state index is 13.5. The number of nitrogens with one attached hydrogen (secondary N) is 1. The van der Waals surface area contributed by atoms with Crippen molar-refractivity contribution >= 4 is 33.7 Å². The molecule has 0 saturated heterocycles. The number of carbonyl (C=O) groups is 1. The lowest BCUT2D eigenvalue weighted by Gasteiger charge is -2.43. The standard InChI is InChI=1S/C24H26BrF6N7O2/c1-4-16-10-18(20-17(5-6-19(25)34-20)38(16)22(39)40-12(2)3)37(21(32)35-36-33)11-13-7-14(23(26,27)28)9-15(8-13)24(29,30)31/h5-9,12,16,18H,4,10-11H2,1-3H3,(H3,32,33,35).